The van der Waals surface area contributed by atoms with Crippen molar-refractivity contribution >= 4 is 32.7 Å². The molecule has 0 radical (unpaired) electrons. The summed E-state index contributed by atoms with van der Waals surface area (Å²) in [4.78, 5) is 23.5. The molecule has 0 unspecified atom stereocenters. The van der Waals surface area contributed by atoms with Crippen molar-refractivity contribution in [1.82, 2.24) is 19.6 Å². The van der Waals surface area contributed by atoms with E-state index in [1.165, 1.54) is 19.4 Å². The number of methoxy groups -OCH3 is 1. The summed E-state index contributed by atoms with van der Waals surface area (Å²) in [6.07, 6.45) is 2.68. The number of aliphatic hydroxyl groups excluding tert-OH is 1. The lowest BCUT2D eigenvalue weighted by atomic mass is 10.0. The van der Waals surface area contributed by atoms with Gasteiger partial charge in [0.05, 0.1) is 38.0 Å². The number of aliphatic hydroxyl groups is 1. The Balaban J connectivity index is 1.45. The molecular formula is C25H29N5O7S. The molecule has 2 aromatic heterocycles. The maximum absolute atomic E-state index is 13.3. The van der Waals surface area contributed by atoms with Crippen LogP contribution in [0.3, 0.4) is 0 Å². The number of pyridine rings is 2. The van der Waals surface area contributed by atoms with Gasteiger partial charge in [0.15, 0.2) is 5.79 Å². The van der Waals surface area contributed by atoms with Crippen molar-refractivity contribution in [2.24, 2.45) is 0 Å². The number of carbonyl (C=O) groups excluding carboxylic acids is 1. The molecule has 202 valence electrons. The topological polar surface area (TPSA) is 166 Å². The number of aromatic nitrogens is 2. The average molecular weight is 544 g/mol. The Morgan fingerprint density at radius 1 is 1.18 bits per heavy atom. The number of amides is 1. The molecule has 0 saturated carbocycles. The minimum atomic E-state index is -3.98. The highest BCUT2D eigenvalue weighted by Crippen LogP contribution is 2.33. The molecule has 1 spiro atoms. The number of benzene rings is 1. The normalized spacial score (nSPS) is 17.3. The van der Waals surface area contributed by atoms with E-state index in [0.717, 1.165) is 0 Å². The first kappa shape index (κ1) is 26.3. The van der Waals surface area contributed by atoms with Gasteiger partial charge >= 0.3 is 0 Å². The summed E-state index contributed by atoms with van der Waals surface area (Å²) in [6, 6.07) is 8.46. The number of ether oxygens (including phenoxy) is 3. The highest BCUT2D eigenvalue weighted by atomic mass is 32.2. The number of piperidine rings is 1. The number of nitrogens with two attached hydrogens (primary N) is 1. The number of nitrogen functional groups attached to an aromatic ring is 1. The molecule has 1 amide bonds. The van der Waals surface area contributed by atoms with E-state index in [0.29, 0.717) is 66.7 Å². The Labute approximate surface area is 219 Å². The fourth-order valence-electron chi connectivity index (χ4n) is 4.74. The van der Waals surface area contributed by atoms with Gasteiger partial charge in [-0.1, -0.05) is 6.07 Å². The second-order valence-electron chi connectivity index (χ2n) is 9.08. The number of carbonyl (C=O) groups is 1. The van der Waals surface area contributed by atoms with Gasteiger partial charge in [-0.2, -0.15) is 0 Å². The number of nitrogens with one attached hydrogen (secondary N) is 1. The zero-order valence-corrected chi connectivity index (χ0v) is 21.7. The summed E-state index contributed by atoms with van der Waals surface area (Å²) in [6.45, 7) is 1.59. The fourth-order valence-corrected chi connectivity index (χ4v) is 5.91. The van der Waals surface area contributed by atoms with Crippen LogP contribution in [-0.4, -0.2) is 86.7 Å². The van der Waals surface area contributed by atoms with E-state index in [4.69, 9.17) is 25.1 Å². The van der Waals surface area contributed by atoms with E-state index >= 15 is 0 Å². The number of likely N-dealkylation sites (tertiary alicyclic amines) is 1. The van der Waals surface area contributed by atoms with E-state index in [-0.39, 0.29) is 35.7 Å². The largest absolute Gasteiger partial charge is 0.480 e. The summed E-state index contributed by atoms with van der Waals surface area (Å²) in [7, 11) is -2.65. The summed E-state index contributed by atoms with van der Waals surface area (Å²) in [5, 5.41) is 9.68. The second kappa shape index (κ2) is 10.4. The number of hydrogen-bond donors (Lipinski definition) is 3. The highest BCUT2D eigenvalue weighted by molar-refractivity contribution is 7.89. The van der Waals surface area contributed by atoms with Crippen LogP contribution in [0.2, 0.25) is 0 Å². The Bertz CT molecular complexity index is 1460. The van der Waals surface area contributed by atoms with Gasteiger partial charge in [-0.05, 0) is 29.8 Å². The fraction of sp³-hybridized carbons (Fsp3) is 0.400. The summed E-state index contributed by atoms with van der Waals surface area (Å²) < 4.78 is 44.4. The molecule has 2 aliphatic rings. The minimum absolute atomic E-state index is 0.0704. The molecule has 0 bridgehead atoms. The third-order valence-electron chi connectivity index (χ3n) is 6.74. The van der Waals surface area contributed by atoms with Gasteiger partial charge in [-0.15, -0.1) is 0 Å². The molecule has 38 heavy (non-hydrogen) atoms. The maximum Gasteiger partial charge on any atom is 0.257 e. The van der Waals surface area contributed by atoms with E-state index in [9.17, 15) is 13.2 Å². The van der Waals surface area contributed by atoms with Crippen molar-refractivity contribution in [3.05, 3.63) is 42.1 Å². The van der Waals surface area contributed by atoms with Crippen LogP contribution >= 0.6 is 0 Å². The van der Waals surface area contributed by atoms with Crippen LogP contribution in [-0.2, 0) is 19.5 Å². The van der Waals surface area contributed by atoms with Crippen molar-refractivity contribution in [2.75, 3.05) is 52.3 Å². The van der Waals surface area contributed by atoms with E-state index < -0.39 is 15.8 Å². The van der Waals surface area contributed by atoms with E-state index in [1.807, 2.05) is 0 Å². The summed E-state index contributed by atoms with van der Waals surface area (Å²) in [5.74, 6) is -0.743. The SMILES string of the molecule is COc1ncc(-c2ccc3nc(N)c(C(=O)N4CCC5(CC4)OCCO5)cc3c2)cc1S(=O)(=O)NCCO. The Morgan fingerprint density at radius 3 is 2.61 bits per heavy atom. The molecule has 4 heterocycles. The molecule has 12 nitrogen and oxygen atoms in total. The van der Waals surface area contributed by atoms with Crippen LogP contribution in [0.5, 0.6) is 5.88 Å². The lowest BCUT2D eigenvalue weighted by molar-refractivity contribution is -0.181. The van der Waals surface area contributed by atoms with Gasteiger partial charge < -0.3 is 30.0 Å². The zero-order valence-electron chi connectivity index (χ0n) is 20.8. The Hall–Kier alpha value is -3.36. The zero-order chi connectivity index (χ0) is 26.9. The molecule has 4 N–H and O–H groups in total. The van der Waals surface area contributed by atoms with Crippen LogP contribution in [0.4, 0.5) is 5.82 Å². The number of rotatable bonds is 7. The molecular weight excluding hydrogens is 514 g/mol. The van der Waals surface area contributed by atoms with E-state index in [1.54, 1.807) is 29.2 Å². The molecule has 3 aromatic rings. The summed E-state index contributed by atoms with van der Waals surface area (Å²) in [5.41, 5.74) is 8.23. The average Bonchev–Trinajstić information content (AvgIpc) is 3.38. The quantitative estimate of drug-likeness (QED) is 0.393. The highest BCUT2D eigenvalue weighted by Gasteiger charge is 2.41. The van der Waals surface area contributed by atoms with Crippen molar-refractivity contribution < 1.29 is 32.5 Å². The Kier molecular flexibility index (Phi) is 7.20. The van der Waals surface area contributed by atoms with Gasteiger partial charge in [0.2, 0.25) is 15.9 Å². The van der Waals surface area contributed by atoms with Gasteiger partial charge in [0.1, 0.15) is 10.7 Å². The summed E-state index contributed by atoms with van der Waals surface area (Å²) >= 11 is 0. The second-order valence-corrected chi connectivity index (χ2v) is 10.8. The first-order chi connectivity index (χ1) is 18.2. The smallest absolute Gasteiger partial charge is 0.257 e. The first-order valence-corrected chi connectivity index (χ1v) is 13.7. The molecule has 2 saturated heterocycles. The number of anilines is 1. The van der Waals surface area contributed by atoms with Crippen LogP contribution in [0, 0.1) is 0 Å². The minimum Gasteiger partial charge on any atom is -0.480 e. The van der Waals surface area contributed by atoms with Crippen molar-refractivity contribution in [3.8, 4) is 17.0 Å². The molecule has 2 fully saturated rings. The molecule has 1 aromatic carbocycles. The number of hydrogen-bond acceptors (Lipinski definition) is 10. The predicted octanol–water partition coefficient (Wildman–Crippen LogP) is 1.14. The van der Waals surface area contributed by atoms with Gasteiger partial charge in [-0.25, -0.2) is 23.1 Å². The third kappa shape index (κ3) is 5.02. The molecule has 0 aliphatic carbocycles. The lowest BCUT2D eigenvalue weighted by Crippen LogP contribution is -2.47. The molecule has 0 atom stereocenters. The number of fused-ring (bicyclic) bond motifs is 1. The molecule has 5 rings (SSSR count). The molecule has 13 heteroatoms. The maximum atomic E-state index is 13.3. The van der Waals surface area contributed by atoms with E-state index in [2.05, 4.69) is 14.7 Å². The first-order valence-electron chi connectivity index (χ1n) is 12.2. The van der Waals surface area contributed by atoms with Crippen molar-refractivity contribution in [3.63, 3.8) is 0 Å². The number of sulfonamides is 1. The van der Waals surface area contributed by atoms with Crippen LogP contribution in [0.15, 0.2) is 41.4 Å². The monoisotopic (exact) mass is 543 g/mol. The van der Waals surface area contributed by atoms with Gasteiger partial charge in [0, 0.05) is 49.6 Å². The predicted molar refractivity (Wildman–Crippen MR) is 138 cm³/mol. The third-order valence-corrected chi connectivity index (χ3v) is 8.19. The van der Waals surface area contributed by atoms with Gasteiger partial charge in [-0.3, -0.25) is 4.79 Å². The van der Waals surface area contributed by atoms with Crippen LogP contribution < -0.4 is 15.2 Å². The van der Waals surface area contributed by atoms with Crippen molar-refractivity contribution in [2.45, 2.75) is 23.5 Å². The lowest BCUT2D eigenvalue weighted by Gasteiger charge is -2.37. The van der Waals surface area contributed by atoms with Crippen LogP contribution in [0.1, 0.15) is 23.2 Å². The Morgan fingerprint density at radius 2 is 1.92 bits per heavy atom. The molecule has 2 aliphatic heterocycles. The van der Waals surface area contributed by atoms with Crippen molar-refractivity contribution in [1.29, 1.82) is 0 Å². The standard InChI is InChI=1S/C25H29N5O7S/c1-35-23-21(38(33,34)28-6-9-31)14-18(15-27-23)16-2-3-20-17(12-16)13-19(22(26)29-20)24(32)30-7-4-25(5-8-30)36-10-11-37-25/h2-3,12-15,28,31H,4-11H2,1H3,(H2,26,29). The van der Waals surface area contributed by atoms with Gasteiger partial charge in [0.25, 0.3) is 5.91 Å². The number of nitrogens with zero attached hydrogens (tertiary/aromatic N) is 3. The van der Waals surface area contributed by atoms with Crippen LogP contribution in [0.25, 0.3) is 22.0 Å².